The molecule has 0 bridgehead atoms. The molecule has 30 heavy (non-hydrogen) atoms. The van der Waals surface area contributed by atoms with Crippen LogP contribution in [0.15, 0.2) is 72.8 Å². The highest BCUT2D eigenvalue weighted by Gasteiger charge is 2.33. The van der Waals surface area contributed by atoms with Gasteiger partial charge < -0.3 is 0 Å². The van der Waals surface area contributed by atoms with E-state index >= 15 is 0 Å². The van der Waals surface area contributed by atoms with E-state index in [1.54, 1.807) is 12.1 Å². The minimum atomic E-state index is -0.342. The van der Waals surface area contributed by atoms with Crippen molar-refractivity contribution < 1.29 is 4.92 Å². The number of nitrogens with zero attached hydrogens (tertiary/aromatic N) is 3. The maximum Gasteiger partial charge on any atom is 0.269 e. The Balaban J connectivity index is 1.63. The molecule has 0 saturated carbocycles. The van der Waals surface area contributed by atoms with Crippen LogP contribution in [0.5, 0.6) is 0 Å². The lowest BCUT2D eigenvalue weighted by Crippen LogP contribution is -2.30. The Morgan fingerprint density at radius 3 is 1.80 bits per heavy atom. The second-order valence-electron chi connectivity index (χ2n) is 7.42. The minimum Gasteiger partial charge on any atom is -0.278 e. The Hall–Kier alpha value is -2.44. The maximum absolute atomic E-state index is 11.3. The molecule has 0 aromatic heterocycles. The third kappa shape index (κ3) is 4.82. The first-order valence-corrected chi connectivity index (χ1v) is 10.5. The predicted octanol–water partition coefficient (Wildman–Crippen LogP) is 5.92. The first kappa shape index (κ1) is 20.8. The lowest BCUT2D eigenvalue weighted by atomic mass is 10.1. The van der Waals surface area contributed by atoms with Crippen LogP contribution in [0.4, 0.5) is 5.69 Å². The van der Waals surface area contributed by atoms with Crippen molar-refractivity contribution in [1.82, 2.24) is 9.80 Å². The van der Waals surface area contributed by atoms with E-state index < -0.39 is 0 Å². The molecule has 0 spiro atoms. The molecule has 0 aliphatic carbocycles. The Morgan fingerprint density at radius 1 is 0.833 bits per heavy atom. The summed E-state index contributed by atoms with van der Waals surface area (Å²) < 4.78 is 0. The van der Waals surface area contributed by atoms with Gasteiger partial charge in [0.05, 0.1) is 11.1 Å². The summed E-state index contributed by atoms with van der Waals surface area (Å²) >= 11 is 12.1. The second-order valence-corrected chi connectivity index (χ2v) is 8.29. The first-order chi connectivity index (χ1) is 14.5. The molecule has 1 saturated heterocycles. The third-order valence-corrected chi connectivity index (χ3v) is 5.85. The molecular formula is C23H21Cl2N3O2. The highest BCUT2D eigenvalue weighted by molar-refractivity contribution is 6.30. The number of non-ortho nitro benzene ring substituents is 1. The minimum absolute atomic E-state index is 0.0590. The molecule has 3 aromatic carbocycles. The summed E-state index contributed by atoms with van der Waals surface area (Å²) in [5.41, 5.74) is 3.34. The summed E-state index contributed by atoms with van der Waals surface area (Å²) in [6, 6.07) is 22.6. The van der Waals surface area contributed by atoms with E-state index in [0.717, 1.165) is 42.9 Å². The van der Waals surface area contributed by atoms with Gasteiger partial charge in [-0.05, 0) is 41.0 Å². The van der Waals surface area contributed by atoms with Crippen molar-refractivity contribution in [3.8, 4) is 0 Å². The SMILES string of the molecule is O=[N+]([O-])c1cccc(C2N(Cc3ccc(Cl)cc3)CCN2Cc2ccc(Cl)cc2)c1. The van der Waals surface area contributed by atoms with E-state index in [2.05, 4.69) is 9.80 Å². The van der Waals surface area contributed by atoms with Gasteiger partial charge in [0.25, 0.3) is 5.69 Å². The molecule has 1 fully saturated rings. The highest BCUT2D eigenvalue weighted by atomic mass is 35.5. The number of benzene rings is 3. The molecule has 1 aliphatic rings. The molecule has 0 amide bonds. The summed E-state index contributed by atoms with van der Waals surface area (Å²) in [5.74, 6) is 0. The van der Waals surface area contributed by atoms with E-state index in [-0.39, 0.29) is 16.8 Å². The number of hydrogen-bond donors (Lipinski definition) is 0. The van der Waals surface area contributed by atoms with Crippen molar-refractivity contribution in [1.29, 1.82) is 0 Å². The Bertz CT molecular complexity index is 970. The average Bonchev–Trinajstić information content (AvgIpc) is 3.13. The van der Waals surface area contributed by atoms with Gasteiger partial charge in [0.2, 0.25) is 0 Å². The summed E-state index contributed by atoms with van der Waals surface area (Å²) in [6.07, 6.45) is -0.0590. The molecule has 0 N–H and O–H groups in total. The van der Waals surface area contributed by atoms with Gasteiger partial charge in [0.1, 0.15) is 0 Å². The van der Waals surface area contributed by atoms with Gasteiger partial charge in [-0.3, -0.25) is 19.9 Å². The zero-order valence-corrected chi connectivity index (χ0v) is 17.8. The lowest BCUT2D eigenvalue weighted by Gasteiger charge is -2.31. The summed E-state index contributed by atoms with van der Waals surface area (Å²) in [5, 5.41) is 12.7. The molecule has 7 heteroatoms. The van der Waals surface area contributed by atoms with Crippen molar-refractivity contribution in [2.24, 2.45) is 0 Å². The number of hydrogen-bond acceptors (Lipinski definition) is 4. The van der Waals surface area contributed by atoms with Crippen LogP contribution < -0.4 is 0 Å². The normalized spacial score (nSPS) is 15.5. The molecular weight excluding hydrogens is 421 g/mol. The van der Waals surface area contributed by atoms with Crippen LogP contribution >= 0.6 is 23.2 Å². The molecule has 0 radical (unpaired) electrons. The molecule has 0 atom stereocenters. The lowest BCUT2D eigenvalue weighted by molar-refractivity contribution is -0.385. The number of nitro benzene ring substituents is 1. The molecule has 5 nitrogen and oxygen atoms in total. The molecule has 0 unspecified atom stereocenters. The fraction of sp³-hybridized carbons (Fsp3) is 0.217. The van der Waals surface area contributed by atoms with E-state index in [1.807, 2.05) is 54.6 Å². The van der Waals surface area contributed by atoms with Gasteiger partial charge in [0.15, 0.2) is 0 Å². The molecule has 154 valence electrons. The van der Waals surface area contributed by atoms with Crippen molar-refractivity contribution in [3.05, 3.63) is 110 Å². The van der Waals surface area contributed by atoms with E-state index in [0.29, 0.717) is 10.0 Å². The van der Waals surface area contributed by atoms with Gasteiger partial charge >= 0.3 is 0 Å². The van der Waals surface area contributed by atoms with Crippen LogP contribution in [0, 0.1) is 10.1 Å². The second kappa shape index (κ2) is 9.14. The topological polar surface area (TPSA) is 49.6 Å². The van der Waals surface area contributed by atoms with Crippen LogP contribution in [0.2, 0.25) is 10.0 Å². The Labute approximate surface area is 185 Å². The van der Waals surface area contributed by atoms with Crippen molar-refractivity contribution >= 4 is 28.9 Å². The monoisotopic (exact) mass is 441 g/mol. The van der Waals surface area contributed by atoms with Crippen molar-refractivity contribution in [2.75, 3.05) is 13.1 Å². The summed E-state index contributed by atoms with van der Waals surface area (Å²) in [7, 11) is 0. The van der Waals surface area contributed by atoms with Gasteiger partial charge in [0, 0.05) is 48.4 Å². The van der Waals surface area contributed by atoms with E-state index in [9.17, 15) is 10.1 Å². The summed E-state index contributed by atoms with van der Waals surface area (Å²) in [4.78, 5) is 15.7. The molecule has 1 heterocycles. The molecule has 1 aliphatic heterocycles. The molecule has 3 aromatic rings. The van der Waals surface area contributed by atoms with Gasteiger partial charge in [-0.25, -0.2) is 0 Å². The number of rotatable bonds is 6. The Kier molecular flexibility index (Phi) is 6.35. The van der Waals surface area contributed by atoms with Crippen LogP contribution in [-0.4, -0.2) is 27.8 Å². The van der Waals surface area contributed by atoms with E-state index in [4.69, 9.17) is 23.2 Å². The predicted molar refractivity (Wildman–Crippen MR) is 120 cm³/mol. The maximum atomic E-state index is 11.3. The zero-order valence-electron chi connectivity index (χ0n) is 16.2. The van der Waals surface area contributed by atoms with Gasteiger partial charge in [-0.2, -0.15) is 0 Å². The fourth-order valence-electron chi connectivity index (χ4n) is 3.93. The van der Waals surface area contributed by atoms with Crippen LogP contribution in [0.25, 0.3) is 0 Å². The largest absolute Gasteiger partial charge is 0.278 e. The summed E-state index contributed by atoms with van der Waals surface area (Å²) in [6.45, 7) is 3.20. The van der Waals surface area contributed by atoms with Crippen LogP contribution in [0.1, 0.15) is 22.9 Å². The van der Waals surface area contributed by atoms with Gasteiger partial charge in [-0.15, -0.1) is 0 Å². The first-order valence-electron chi connectivity index (χ1n) is 9.71. The Morgan fingerprint density at radius 2 is 1.33 bits per heavy atom. The van der Waals surface area contributed by atoms with Gasteiger partial charge in [-0.1, -0.05) is 59.6 Å². The van der Waals surface area contributed by atoms with E-state index in [1.165, 1.54) is 6.07 Å². The number of halogens is 2. The third-order valence-electron chi connectivity index (χ3n) is 5.34. The molecule has 4 rings (SSSR count). The van der Waals surface area contributed by atoms with Crippen LogP contribution in [0.3, 0.4) is 0 Å². The zero-order chi connectivity index (χ0) is 21.1. The standard InChI is InChI=1S/C23H21Cl2N3O2/c24-20-8-4-17(5-9-20)15-26-12-13-27(16-18-6-10-21(25)11-7-18)23(26)19-2-1-3-22(14-19)28(29)30/h1-11,14,23H,12-13,15-16H2. The fourth-order valence-corrected chi connectivity index (χ4v) is 4.18. The van der Waals surface area contributed by atoms with Crippen molar-refractivity contribution in [2.45, 2.75) is 19.3 Å². The number of nitro groups is 1. The van der Waals surface area contributed by atoms with Crippen LogP contribution in [-0.2, 0) is 13.1 Å². The average molecular weight is 442 g/mol. The van der Waals surface area contributed by atoms with Crippen molar-refractivity contribution in [3.63, 3.8) is 0 Å². The highest BCUT2D eigenvalue weighted by Crippen LogP contribution is 2.34. The quantitative estimate of drug-likeness (QED) is 0.351. The smallest absolute Gasteiger partial charge is 0.269 e.